The Bertz CT molecular complexity index is 806. The van der Waals surface area contributed by atoms with Gasteiger partial charge in [0.2, 0.25) is 0 Å². The smallest absolute Gasteiger partial charge is 0.273 e. The summed E-state index contributed by atoms with van der Waals surface area (Å²) < 4.78 is 7.45. The second-order valence-corrected chi connectivity index (χ2v) is 6.50. The van der Waals surface area contributed by atoms with Crippen molar-refractivity contribution in [1.29, 1.82) is 5.26 Å². The Kier molecular flexibility index (Phi) is 5.19. The van der Waals surface area contributed by atoms with E-state index in [0.717, 1.165) is 25.7 Å². The van der Waals surface area contributed by atoms with Crippen LogP contribution < -0.4 is 10.1 Å². The highest BCUT2D eigenvalue weighted by atomic mass is 35.5. The minimum Gasteiger partial charge on any atom is -0.490 e. The lowest BCUT2D eigenvalue weighted by Gasteiger charge is -2.29. The van der Waals surface area contributed by atoms with Crippen molar-refractivity contribution in [1.82, 2.24) is 20.3 Å². The highest BCUT2D eigenvalue weighted by Gasteiger charge is 2.24. The van der Waals surface area contributed by atoms with Crippen LogP contribution in [-0.2, 0) is 7.05 Å². The first kappa shape index (κ1) is 17.2. The molecule has 1 aromatic carbocycles. The molecule has 1 aliphatic rings. The zero-order chi connectivity index (χ0) is 17.8. The maximum Gasteiger partial charge on any atom is 0.273 e. The fourth-order valence-electron chi connectivity index (χ4n) is 2.89. The number of rotatable bonds is 4. The lowest BCUT2D eigenvalue weighted by atomic mass is 9.93. The average Bonchev–Trinajstić information content (AvgIpc) is 3.03. The summed E-state index contributed by atoms with van der Waals surface area (Å²) in [6, 6.07) is 7.22. The molecule has 1 heterocycles. The number of halogens is 1. The number of nitriles is 1. The van der Waals surface area contributed by atoms with E-state index in [1.54, 1.807) is 31.4 Å². The van der Waals surface area contributed by atoms with Gasteiger partial charge in [0.25, 0.3) is 5.91 Å². The molecule has 0 saturated heterocycles. The lowest BCUT2D eigenvalue weighted by molar-refractivity contribution is 0.0889. The third-order valence-electron chi connectivity index (χ3n) is 4.21. The zero-order valence-corrected chi connectivity index (χ0v) is 14.5. The van der Waals surface area contributed by atoms with Crippen LogP contribution in [0.4, 0.5) is 0 Å². The molecule has 1 aromatic heterocycles. The fraction of sp³-hybridized carbons (Fsp3) is 0.412. The molecule has 1 amide bonds. The van der Waals surface area contributed by atoms with Gasteiger partial charge in [-0.2, -0.15) is 5.26 Å². The second kappa shape index (κ2) is 7.53. The molecule has 1 fully saturated rings. The summed E-state index contributed by atoms with van der Waals surface area (Å²) in [7, 11) is 1.72. The number of nitrogens with zero attached hydrogens (tertiary/aromatic N) is 4. The molecule has 0 unspecified atom stereocenters. The number of nitrogens with one attached hydrogen (secondary N) is 1. The number of benzene rings is 1. The summed E-state index contributed by atoms with van der Waals surface area (Å²) in [6.45, 7) is 0. The molecule has 1 aliphatic carbocycles. The molecule has 0 bridgehead atoms. The molecule has 25 heavy (non-hydrogen) atoms. The van der Waals surface area contributed by atoms with Crippen LogP contribution in [0, 0.1) is 11.3 Å². The Labute approximate surface area is 150 Å². The van der Waals surface area contributed by atoms with E-state index in [9.17, 15) is 4.79 Å². The van der Waals surface area contributed by atoms with Gasteiger partial charge >= 0.3 is 0 Å². The molecular formula is C17H18ClN5O2. The summed E-state index contributed by atoms with van der Waals surface area (Å²) in [5.74, 6) is 0.465. The molecular weight excluding hydrogens is 342 g/mol. The van der Waals surface area contributed by atoms with Crippen molar-refractivity contribution in [2.45, 2.75) is 37.8 Å². The van der Waals surface area contributed by atoms with E-state index in [4.69, 9.17) is 21.6 Å². The van der Waals surface area contributed by atoms with Crippen LogP contribution in [0.3, 0.4) is 0 Å². The average molecular weight is 360 g/mol. The van der Waals surface area contributed by atoms with Crippen LogP contribution in [0.1, 0.15) is 41.7 Å². The van der Waals surface area contributed by atoms with Crippen LogP contribution in [-0.4, -0.2) is 33.0 Å². The monoisotopic (exact) mass is 359 g/mol. The maximum absolute atomic E-state index is 12.1. The van der Waals surface area contributed by atoms with Gasteiger partial charge in [-0.15, -0.1) is 5.10 Å². The van der Waals surface area contributed by atoms with Crippen molar-refractivity contribution in [3.05, 3.63) is 40.7 Å². The second-order valence-electron chi connectivity index (χ2n) is 6.10. The Morgan fingerprint density at radius 1 is 1.40 bits per heavy atom. The van der Waals surface area contributed by atoms with Crippen molar-refractivity contribution in [3.63, 3.8) is 0 Å². The van der Waals surface area contributed by atoms with Crippen molar-refractivity contribution in [2.24, 2.45) is 7.05 Å². The molecule has 0 aliphatic heterocycles. The van der Waals surface area contributed by atoms with Gasteiger partial charge in [0.05, 0.1) is 22.9 Å². The van der Waals surface area contributed by atoms with E-state index in [0.29, 0.717) is 22.0 Å². The Balaban J connectivity index is 1.49. The predicted octanol–water partition coefficient (Wildman–Crippen LogP) is 2.46. The van der Waals surface area contributed by atoms with Crippen LogP contribution >= 0.6 is 11.6 Å². The number of amides is 1. The molecule has 8 heteroatoms. The van der Waals surface area contributed by atoms with Crippen LogP contribution in [0.2, 0.25) is 5.02 Å². The highest BCUT2D eigenvalue weighted by molar-refractivity contribution is 6.31. The number of ether oxygens (including phenoxy) is 1. The van der Waals surface area contributed by atoms with Gasteiger partial charge in [0, 0.05) is 19.2 Å². The van der Waals surface area contributed by atoms with Crippen LogP contribution in [0.5, 0.6) is 5.75 Å². The van der Waals surface area contributed by atoms with Gasteiger partial charge in [-0.3, -0.25) is 9.48 Å². The van der Waals surface area contributed by atoms with E-state index in [2.05, 4.69) is 15.6 Å². The summed E-state index contributed by atoms with van der Waals surface area (Å²) in [5, 5.41) is 19.9. The topological polar surface area (TPSA) is 92.8 Å². The van der Waals surface area contributed by atoms with Crippen molar-refractivity contribution < 1.29 is 9.53 Å². The first-order chi connectivity index (χ1) is 12.0. The van der Waals surface area contributed by atoms with Gasteiger partial charge in [-0.1, -0.05) is 16.8 Å². The Morgan fingerprint density at radius 3 is 2.76 bits per heavy atom. The molecule has 1 saturated carbocycles. The third-order valence-corrected chi connectivity index (χ3v) is 4.52. The van der Waals surface area contributed by atoms with Gasteiger partial charge in [-0.25, -0.2) is 0 Å². The standard InChI is InChI=1S/C17H18ClN5O2/c1-23-10-16(21-22-23)17(24)20-12-3-6-13(7-4-12)25-14-5-2-11(9-19)15(18)8-14/h2,5,8,10,12-13H,3-4,6-7H2,1H3,(H,20,24). The number of aromatic nitrogens is 3. The molecule has 2 aromatic rings. The summed E-state index contributed by atoms with van der Waals surface area (Å²) in [5.41, 5.74) is 0.762. The van der Waals surface area contributed by atoms with Crippen molar-refractivity contribution in [3.8, 4) is 11.8 Å². The van der Waals surface area contributed by atoms with E-state index < -0.39 is 0 Å². The van der Waals surface area contributed by atoms with Gasteiger partial charge in [0.15, 0.2) is 5.69 Å². The van der Waals surface area contributed by atoms with Crippen molar-refractivity contribution >= 4 is 17.5 Å². The lowest BCUT2D eigenvalue weighted by Crippen LogP contribution is -2.39. The minimum atomic E-state index is -0.198. The fourth-order valence-corrected chi connectivity index (χ4v) is 3.10. The third kappa shape index (κ3) is 4.28. The van der Waals surface area contributed by atoms with E-state index in [1.807, 2.05) is 6.07 Å². The number of carbonyl (C=O) groups is 1. The van der Waals surface area contributed by atoms with Crippen LogP contribution in [0.15, 0.2) is 24.4 Å². The zero-order valence-electron chi connectivity index (χ0n) is 13.8. The summed E-state index contributed by atoms with van der Waals surface area (Å²) in [4.78, 5) is 12.1. The minimum absolute atomic E-state index is 0.0775. The summed E-state index contributed by atoms with van der Waals surface area (Å²) in [6.07, 6.45) is 5.01. The number of hydrogen-bond acceptors (Lipinski definition) is 5. The first-order valence-electron chi connectivity index (χ1n) is 8.08. The quantitative estimate of drug-likeness (QED) is 0.905. The van der Waals surface area contributed by atoms with Gasteiger partial charge < -0.3 is 10.1 Å². The first-order valence-corrected chi connectivity index (χ1v) is 8.46. The normalized spacial score (nSPS) is 19.9. The summed E-state index contributed by atoms with van der Waals surface area (Å²) >= 11 is 6.02. The molecule has 0 radical (unpaired) electrons. The molecule has 130 valence electrons. The van der Waals surface area contributed by atoms with E-state index in [1.165, 1.54) is 4.68 Å². The van der Waals surface area contributed by atoms with E-state index >= 15 is 0 Å². The van der Waals surface area contributed by atoms with E-state index in [-0.39, 0.29) is 18.1 Å². The molecule has 0 atom stereocenters. The molecule has 0 spiro atoms. The van der Waals surface area contributed by atoms with Crippen molar-refractivity contribution in [2.75, 3.05) is 0 Å². The number of hydrogen-bond donors (Lipinski definition) is 1. The maximum atomic E-state index is 12.1. The Morgan fingerprint density at radius 2 is 2.16 bits per heavy atom. The molecule has 7 nitrogen and oxygen atoms in total. The number of carbonyl (C=O) groups excluding carboxylic acids is 1. The number of aryl methyl sites for hydroxylation is 1. The molecule has 3 rings (SSSR count). The largest absolute Gasteiger partial charge is 0.490 e. The van der Waals surface area contributed by atoms with Crippen LogP contribution in [0.25, 0.3) is 0 Å². The SMILES string of the molecule is Cn1cc(C(=O)NC2CCC(Oc3ccc(C#N)c(Cl)c3)CC2)nn1. The molecule has 1 N–H and O–H groups in total. The van der Waals surface area contributed by atoms with Gasteiger partial charge in [0.1, 0.15) is 11.8 Å². The highest BCUT2D eigenvalue weighted by Crippen LogP contribution is 2.27. The van der Waals surface area contributed by atoms with Gasteiger partial charge in [-0.05, 0) is 37.8 Å². The Hall–Kier alpha value is -2.59. The predicted molar refractivity (Wildman–Crippen MR) is 91.3 cm³/mol.